The summed E-state index contributed by atoms with van der Waals surface area (Å²) in [7, 11) is 2.04. The lowest BCUT2D eigenvalue weighted by molar-refractivity contribution is 0.737. The molecule has 1 N–H and O–H groups in total. The fourth-order valence-electron chi connectivity index (χ4n) is 3.22. The van der Waals surface area contributed by atoms with Gasteiger partial charge in [0.1, 0.15) is 5.82 Å². The number of rotatable bonds is 2. The van der Waals surface area contributed by atoms with Crippen LogP contribution in [0, 0.1) is 0 Å². The molecule has 2 aliphatic heterocycles. The fraction of sp³-hybridized carbons (Fsp3) is 0.211. The van der Waals surface area contributed by atoms with Crippen LogP contribution < -0.4 is 15.1 Å². The number of hydrogen-bond acceptors (Lipinski definition) is 4. The second-order valence-electron chi connectivity index (χ2n) is 5.88. The van der Waals surface area contributed by atoms with E-state index in [2.05, 4.69) is 69.2 Å². The fourth-order valence-corrected chi connectivity index (χ4v) is 3.22. The zero-order chi connectivity index (χ0) is 15.8. The van der Waals surface area contributed by atoms with Crippen molar-refractivity contribution in [3.63, 3.8) is 0 Å². The summed E-state index contributed by atoms with van der Waals surface area (Å²) in [6.07, 6.45) is 5.21. The summed E-state index contributed by atoms with van der Waals surface area (Å²) in [6, 6.07) is 12.6. The summed E-state index contributed by atoms with van der Waals surface area (Å²) in [5.41, 5.74) is 5.76. The average molecular weight is 304 g/mol. The first-order valence-electron chi connectivity index (χ1n) is 7.93. The third-order valence-electron chi connectivity index (χ3n) is 4.53. The van der Waals surface area contributed by atoms with E-state index < -0.39 is 0 Å². The Morgan fingerprint density at radius 2 is 1.96 bits per heavy atom. The van der Waals surface area contributed by atoms with E-state index in [9.17, 15) is 0 Å². The molecule has 116 valence electrons. The third kappa shape index (κ3) is 2.32. The van der Waals surface area contributed by atoms with Crippen molar-refractivity contribution in [1.29, 1.82) is 0 Å². The van der Waals surface area contributed by atoms with Gasteiger partial charge in [-0.15, -0.1) is 0 Å². The number of hydrogen-bond donors (Lipinski definition) is 1. The van der Waals surface area contributed by atoms with Crippen LogP contribution in [0.2, 0.25) is 0 Å². The molecule has 4 rings (SSSR count). The predicted octanol–water partition coefficient (Wildman–Crippen LogP) is 3.52. The quantitative estimate of drug-likeness (QED) is 0.920. The minimum absolute atomic E-state index is 0.930. The van der Waals surface area contributed by atoms with Gasteiger partial charge in [0, 0.05) is 13.6 Å². The standard InChI is InChI=1S/C19H20N4/c1-14-22(2)18-5-3-4-6-19(18)23(14)16-7-8-17(21-13-16)15-9-11-20-12-10-15/h3-9,13,20H,1,10-12H2,2H3. The number of para-hydroxylation sites is 2. The maximum Gasteiger partial charge on any atom is 0.110 e. The molecule has 2 aromatic rings. The van der Waals surface area contributed by atoms with Crippen molar-refractivity contribution >= 4 is 22.6 Å². The smallest absolute Gasteiger partial charge is 0.110 e. The van der Waals surface area contributed by atoms with Crippen LogP contribution in [-0.4, -0.2) is 25.1 Å². The minimum Gasteiger partial charge on any atom is -0.329 e. The van der Waals surface area contributed by atoms with Crippen LogP contribution in [0.15, 0.2) is 61.1 Å². The first-order valence-corrected chi connectivity index (χ1v) is 7.93. The Labute approximate surface area is 136 Å². The summed E-state index contributed by atoms with van der Waals surface area (Å²) in [5, 5.41) is 3.33. The molecule has 23 heavy (non-hydrogen) atoms. The molecule has 4 heteroatoms. The molecule has 0 spiro atoms. The Kier molecular flexibility index (Phi) is 3.39. The SMILES string of the molecule is C=C1N(C)c2ccccc2N1c1ccc(C2=CCNCC2)nc1. The normalized spacial score (nSPS) is 17.3. The zero-order valence-corrected chi connectivity index (χ0v) is 13.3. The number of nitrogens with zero attached hydrogens (tertiary/aromatic N) is 3. The van der Waals surface area contributed by atoms with Crippen LogP contribution in [0.3, 0.4) is 0 Å². The maximum absolute atomic E-state index is 4.68. The molecule has 0 saturated carbocycles. The Hall–Kier alpha value is -2.59. The highest BCUT2D eigenvalue weighted by Crippen LogP contribution is 2.44. The van der Waals surface area contributed by atoms with Crippen LogP contribution >= 0.6 is 0 Å². The second kappa shape index (κ2) is 5.56. The van der Waals surface area contributed by atoms with E-state index in [4.69, 9.17) is 0 Å². The number of nitrogens with one attached hydrogen (secondary N) is 1. The van der Waals surface area contributed by atoms with Crippen molar-refractivity contribution in [2.75, 3.05) is 29.9 Å². The van der Waals surface area contributed by atoms with E-state index in [1.165, 1.54) is 11.3 Å². The monoisotopic (exact) mass is 304 g/mol. The van der Waals surface area contributed by atoms with Crippen LogP contribution in [0.1, 0.15) is 12.1 Å². The molecule has 0 radical (unpaired) electrons. The van der Waals surface area contributed by atoms with E-state index in [1.54, 1.807) is 0 Å². The van der Waals surface area contributed by atoms with Crippen LogP contribution in [0.5, 0.6) is 0 Å². The minimum atomic E-state index is 0.930. The van der Waals surface area contributed by atoms with Crippen molar-refractivity contribution in [3.8, 4) is 0 Å². The zero-order valence-electron chi connectivity index (χ0n) is 13.3. The van der Waals surface area contributed by atoms with Crippen LogP contribution in [0.4, 0.5) is 17.1 Å². The van der Waals surface area contributed by atoms with Gasteiger partial charge in [-0.2, -0.15) is 0 Å². The molecule has 0 bridgehead atoms. The number of anilines is 3. The number of aromatic nitrogens is 1. The van der Waals surface area contributed by atoms with Crippen molar-refractivity contribution in [2.24, 2.45) is 0 Å². The Balaban J connectivity index is 1.69. The van der Waals surface area contributed by atoms with Gasteiger partial charge >= 0.3 is 0 Å². The van der Waals surface area contributed by atoms with E-state index in [-0.39, 0.29) is 0 Å². The molecule has 2 aliphatic rings. The van der Waals surface area contributed by atoms with Crippen LogP contribution in [-0.2, 0) is 0 Å². The second-order valence-corrected chi connectivity index (χ2v) is 5.88. The number of pyridine rings is 1. The lowest BCUT2D eigenvalue weighted by atomic mass is 10.1. The molecule has 3 heterocycles. The highest BCUT2D eigenvalue weighted by atomic mass is 15.4. The van der Waals surface area contributed by atoms with Gasteiger partial charge in [0.05, 0.1) is 29.0 Å². The van der Waals surface area contributed by atoms with E-state index in [0.717, 1.165) is 42.4 Å². The molecular weight excluding hydrogens is 284 g/mol. The molecule has 0 aliphatic carbocycles. The summed E-state index contributed by atoms with van der Waals surface area (Å²) >= 11 is 0. The highest BCUT2D eigenvalue weighted by Gasteiger charge is 2.28. The van der Waals surface area contributed by atoms with Gasteiger partial charge < -0.3 is 10.2 Å². The van der Waals surface area contributed by atoms with Gasteiger partial charge in [0.15, 0.2) is 0 Å². The molecule has 4 nitrogen and oxygen atoms in total. The van der Waals surface area contributed by atoms with Crippen molar-refractivity contribution in [1.82, 2.24) is 10.3 Å². The van der Waals surface area contributed by atoms with Gasteiger partial charge in [-0.25, -0.2) is 0 Å². The summed E-state index contributed by atoms with van der Waals surface area (Å²) in [5.74, 6) is 0.946. The Morgan fingerprint density at radius 3 is 2.65 bits per heavy atom. The molecule has 0 amide bonds. The number of fused-ring (bicyclic) bond motifs is 1. The lowest BCUT2D eigenvalue weighted by Crippen LogP contribution is -2.21. The summed E-state index contributed by atoms with van der Waals surface area (Å²) < 4.78 is 0. The molecule has 0 saturated heterocycles. The molecular formula is C19H20N4. The predicted molar refractivity (Wildman–Crippen MR) is 95.8 cm³/mol. The molecule has 0 fully saturated rings. The van der Waals surface area contributed by atoms with Crippen molar-refractivity contribution in [2.45, 2.75) is 6.42 Å². The summed E-state index contributed by atoms with van der Waals surface area (Å²) in [6.45, 7) is 6.18. The molecule has 0 unspecified atom stereocenters. The Morgan fingerprint density at radius 1 is 1.13 bits per heavy atom. The third-order valence-corrected chi connectivity index (χ3v) is 4.53. The Bertz CT molecular complexity index is 776. The van der Waals surface area contributed by atoms with E-state index in [1.807, 2.05) is 13.2 Å². The summed E-state index contributed by atoms with van der Waals surface area (Å²) in [4.78, 5) is 8.95. The first kappa shape index (κ1) is 14.0. The van der Waals surface area contributed by atoms with Gasteiger partial charge in [-0.1, -0.05) is 24.8 Å². The maximum atomic E-state index is 4.68. The van der Waals surface area contributed by atoms with Gasteiger partial charge in [0.25, 0.3) is 0 Å². The lowest BCUT2D eigenvalue weighted by Gasteiger charge is -2.22. The van der Waals surface area contributed by atoms with Gasteiger partial charge in [-0.3, -0.25) is 9.88 Å². The van der Waals surface area contributed by atoms with Crippen molar-refractivity contribution in [3.05, 3.63) is 66.8 Å². The molecule has 1 aromatic heterocycles. The largest absolute Gasteiger partial charge is 0.329 e. The van der Waals surface area contributed by atoms with Crippen molar-refractivity contribution < 1.29 is 0 Å². The van der Waals surface area contributed by atoms with Gasteiger partial charge in [0.2, 0.25) is 0 Å². The van der Waals surface area contributed by atoms with E-state index >= 15 is 0 Å². The molecule has 0 atom stereocenters. The number of benzene rings is 1. The first-order chi connectivity index (χ1) is 11.3. The van der Waals surface area contributed by atoms with Gasteiger partial charge in [-0.05, 0) is 42.8 Å². The molecule has 1 aromatic carbocycles. The average Bonchev–Trinajstić information content (AvgIpc) is 2.87. The highest BCUT2D eigenvalue weighted by molar-refractivity contribution is 5.87. The topological polar surface area (TPSA) is 31.4 Å². The van der Waals surface area contributed by atoms with Crippen LogP contribution in [0.25, 0.3) is 5.57 Å². The van der Waals surface area contributed by atoms with E-state index in [0.29, 0.717) is 0 Å².